The standard InChI is InChI=1S/C13H27N3O/c1-4-7-15(8-5-2)13(17)11-16-9-6-14-10-12(16)3/h12,14H,4-11H2,1-3H3. The van der Waals surface area contributed by atoms with Gasteiger partial charge in [-0.05, 0) is 19.8 Å². The Bertz CT molecular complexity index is 227. The summed E-state index contributed by atoms with van der Waals surface area (Å²) >= 11 is 0. The normalized spacial score (nSPS) is 21.5. The molecule has 1 atom stereocenters. The van der Waals surface area contributed by atoms with Gasteiger partial charge in [-0.25, -0.2) is 0 Å². The Morgan fingerprint density at radius 2 is 2.00 bits per heavy atom. The fourth-order valence-corrected chi connectivity index (χ4v) is 2.29. The number of rotatable bonds is 6. The molecule has 1 N–H and O–H groups in total. The maximum Gasteiger partial charge on any atom is 0.236 e. The molecule has 17 heavy (non-hydrogen) atoms. The summed E-state index contributed by atoms with van der Waals surface area (Å²) in [6.45, 7) is 11.8. The highest BCUT2D eigenvalue weighted by Crippen LogP contribution is 2.04. The molecule has 1 unspecified atom stereocenters. The number of carbonyl (C=O) groups excluding carboxylic acids is 1. The van der Waals surface area contributed by atoms with Gasteiger partial charge < -0.3 is 10.2 Å². The van der Waals surface area contributed by atoms with Crippen LogP contribution >= 0.6 is 0 Å². The maximum absolute atomic E-state index is 12.2. The van der Waals surface area contributed by atoms with Crippen LogP contribution in [0.15, 0.2) is 0 Å². The Labute approximate surface area is 105 Å². The Morgan fingerprint density at radius 3 is 2.53 bits per heavy atom. The average molecular weight is 241 g/mol. The van der Waals surface area contributed by atoms with E-state index in [9.17, 15) is 4.79 Å². The molecule has 100 valence electrons. The lowest BCUT2D eigenvalue weighted by Gasteiger charge is -2.34. The monoisotopic (exact) mass is 241 g/mol. The Morgan fingerprint density at radius 1 is 1.35 bits per heavy atom. The van der Waals surface area contributed by atoms with Crippen LogP contribution in [0.1, 0.15) is 33.6 Å². The highest BCUT2D eigenvalue weighted by Gasteiger charge is 2.22. The van der Waals surface area contributed by atoms with Gasteiger partial charge in [-0.15, -0.1) is 0 Å². The van der Waals surface area contributed by atoms with Gasteiger partial charge in [0, 0.05) is 38.8 Å². The third-order valence-electron chi connectivity index (χ3n) is 3.32. The Balaban J connectivity index is 2.44. The van der Waals surface area contributed by atoms with Crippen LogP contribution in [0.2, 0.25) is 0 Å². The molecular weight excluding hydrogens is 214 g/mol. The summed E-state index contributed by atoms with van der Waals surface area (Å²) in [6, 6.07) is 0.470. The van der Waals surface area contributed by atoms with Gasteiger partial charge in [-0.1, -0.05) is 13.8 Å². The van der Waals surface area contributed by atoms with Crippen molar-refractivity contribution in [2.24, 2.45) is 0 Å². The van der Waals surface area contributed by atoms with Crippen LogP contribution in [0.3, 0.4) is 0 Å². The van der Waals surface area contributed by atoms with E-state index < -0.39 is 0 Å². The van der Waals surface area contributed by atoms with Crippen LogP contribution in [0.5, 0.6) is 0 Å². The fraction of sp³-hybridized carbons (Fsp3) is 0.923. The Kier molecular flexibility index (Phi) is 6.52. The van der Waals surface area contributed by atoms with Crippen molar-refractivity contribution in [3.8, 4) is 0 Å². The molecule has 0 bridgehead atoms. The molecule has 0 aromatic carbocycles. The highest BCUT2D eigenvalue weighted by molar-refractivity contribution is 5.78. The molecule has 4 nitrogen and oxygen atoms in total. The van der Waals surface area contributed by atoms with E-state index in [1.54, 1.807) is 0 Å². The summed E-state index contributed by atoms with van der Waals surface area (Å²) in [6.07, 6.45) is 2.09. The van der Waals surface area contributed by atoms with Gasteiger partial charge in [0.15, 0.2) is 0 Å². The SMILES string of the molecule is CCCN(CCC)C(=O)CN1CCNCC1C. The summed E-state index contributed by atoms with van der Waals surface area (Å²) in [5.74, 6) is 0.294. The number of nitrogens with zero attached hydrogens (tertiary/aromatic N) is 2. The van der Waals surface area contributed by atoms with E-state index in [0.717, 1.165) is 45.6 Å². The fourth-order valence-electron chi connectivity index (χ4n) is 2.29. The van der Waals surface area contributed by atoms with Crippen molar-refractivity contribution in [2.75, 3.05) is 39.3 Å². The lowest BCUT2D eigenvalue weighted by atomic mass is 10.2. The van der Waals surface area contributed by atoms with Crippen molar-refractivity contribution < 1.29 is 4.79 Å². The van der Waals surface area contributed by atoms with Crippen LogP contribution in [-0.4, -0.2) is 61.0 Å². The maximum atomic E-state index is 12.2. The Hall–Kier alpha value is -0.610. The molecule has 0 spiro atoms. The van der Waals surface area contributed by atoms with E-state index in [1.807, 2.05) is 4.90 Å². The lowest BCUT2D eigenvalue weighted by Crippen LogP contribution is -2.53. The predicted molar refractivity (Wildman–Crippen MR) is 71.1 cm³/mol. The van der Waals surface area contributed by atoms with E-state index in [2.05, 4.69) is 31.0 Å². The predicted octanol–water partition coefficient (Wildman–Crippen LogP) is 0.929. The molecule has 1 heterocycles. The van der Waals surface area contributed by atoms with Gasteiger partial charge in [0.25, 0.3) is 0 Å². The summed E-state index contributed by atoms with van der Waals surface area (Å²) in [5.41, 5.74) is 0. The number of hydrogen-bond acceptors (Lipinski definition) is 3. The van der Waals surface area contributed by atoms with E-state index in [4.69, 9.17) is 0 Å². The third-order valence-corrected chi connectivity index (χ3v) is 3.32. The summed E-state index contributed by atoms with van der Waals surface area (Å²) in [7, 11) is 0. The van der Waals surface area contributed by atoms with Gasteiger partial charge in [0.05, 0.1) is 6.54 Å². The first-order chi connectivity index (χ1) is 8.19. The number of piperazine rings is 1. The lowest BCUT2D eigenvalue weighted by molar-refractivity contribution is -0.133. The number of nitrogens with one attached hydrogen (secondary N) is 1. The van der Waals surface area contributed by atoms with Crippen molar-refractivity contribution in [1.29, 1.82) is 0 Å². The number of carbonyl (C=O) groups is 1. The zero-order valence-corrected chi connectivity index (χ0v) is 11.5. The molecule has 0 aromatic heterocycles. The molecule has 1 fully saturated rings. The van der Waals surface area contributed by atoms with Crippen molar-refractivity contribution in [3.63, 3.8) is 0 Å². The minimum atomic E-state index is 0.294. The second kappa shape index (κ2) is 7.67. The smallest absolute Gasteiger partial charge is 0.236 e. The number of hydrogen-bond donors (Lipinski definition) is 1. The second-order valence-electron chi connectivity index (χ2n) is 4.90. The van der Waals surface area contributed by atoms with Crippen molar-refractivity contribution >= 4 is 5.91 Å². The topological polar surface area (TPSA) is 35.6 Å². The minimum absolute atomic E-state index is 0.294. The largest absolute Gasteiger partial charge is 0.342 e. The van der Waals surface area contributed by atoms with Crippen LogP contribution < -0.4 is 5.32 Å². The second-order valence-corrected chi connectivity index (χ2v) is 4.90. The van der Waals surface area contributed by atoms with Crippen LogP contribution in [0.25, 0.3) is 0 Å². The molecule has 0 aliphatic carbocycles. The minimum Gasteiger partial charge on any atom is -0.342 e. The summed E-state index contributed by atoms with van der Waals surface area (Å²) < 4.78 is 0. The first kappa shape index (κ1) is 14.5. The van der Waals surface area contributed by atoms with E-state index in [-0.39, 0.29) is 0 Å². The molecular formula is C13H27N3O. The van der Waals surface area contributed by atoms with Crippen LogP contribution in [-0.2, 0) is 4.79 Å². The third kappa shape index (κ3) is 4.64. The molecule has 1 rings (SSSR count). The molecule has 0 saturated carbocycles. The molecule has 1 aliphatic rings. The van der Waals surface area contributed by atoms with E-state index >= 15 is 0 Å². The van der Waals surface area contributed by atoms with Crippen molar-refractivity contribution in [3.05, 3.63) is 0 Å². The average Bonchev–Trinajstić information content (AvgIpc) is 2.32. The quantitative estimate of drug-likeness (QED) is 0.751. The molecule has 1 amide bonds. The van der Waals surface area contributed by atoms with Crippen LogP contribution in [0, 0.1) is 0 Å². The zero-order chi connectivity index (χ0) is 12.7. The molecule has 1 saturated heterocycles. The highest BCUT2D eigenvalue weighted by atomic mass is 16.2. The van der Waals surface area contributed by atoms with Crippen LogP contribution in [0.4, 0.5) is 0 Å². The zero-order valence-electron chi connectivity index (χ0n) is 11.5. The molecule has 1 aliphatic heterocycles. The first-order valence-electron chi connectivity index (χ1n) is 6.91. The van der Waals surface area contributed by atoms with Gasteiger partial charge in [0.2, 0.25) is 5.91 Å². The molecule has 0 aromatic rings. The van der Waals surface area contributed by atoms with Gasteiger partial charge in [-0.2, -0.15) is 0 Å². The first-order valence-corrected chi connectivity index (χ1v) is 6.91. The van der Waals surface area contributed by atoms with Crippen molar-refractivity contribution in [2.45, 2.75) is 39.7 Å². The van der Waals surface area contributed by atoms with Crippen molar-refractivity contribution in [1.82, 2.24) is 15.1 Å². The molecule has 4 heteroatoms. The number of amides is 1. The van der Waals surface area contributed by atoms with Gasteiger partial charge >= 0.3 is 0 Å². The van der Waals surface area contributed by atoms with E-state index in [0.29, 0.717) is 18.5 Å². The van der Waals surface area contributed by atoms with E-state index in [1.165, 1.54) is 0 Å². The summed E-state index contributed by atoms with van der Waals surface area (Å²) in [5, 5.41) is 3.35. The van der Waals surface area contributed by atoms with Gasteiger partial charge in [-0.3, -0.25) is 9.69 Å². The van der Waals surface area contributed by atoms with Gasteiger partial charge in [0.1, 0.15) is 0 Å². The molecule has 0 radical (unpaired) electrons. The summed E-state index contributed by atoms with van der Waals surface area (Å²) in [4.78, 5) is 16.5.